The number of hydrogen-bond donors (Lipinski definition) is 1. The highest BCUT2D eigenvalue weighted by Crippen LogP contribution is 2.15. The van der Waals surface area contributed by atoms with Gasteiger partial charge in [0.1, 0.15) is 0 Å². The summed E-state index contributed by atoms with van der Waals surface area (Å²) in [5.41, 5.74) is 9.77. The topological polar surface area (TPSA) is 43.8 Å². The molecular weight excluding hydrogens is 258 g/mol. The van der Waals surface area contributed by atoms with Gasteiger partial charge in [0, 0.05) is 12.2 Å². The molecule has 2 unspecified atom stereocenters. The van der Waals surface area contributed by atoms with Crippen LogP contribution < -0.4 is 5.73 Å². The van der Waals surface area contributed by atoms with Crippen molar-refractivity contribution in [3.8, 4) is 0 Å². The van der Waals surface area contributed by atoms with Gasteiger partial charge in [-0.25, -0.2) is 0 Å². The van der Waals surface area contributed by atoms with E-state index in [1.807, 2.05) is 0 Å². The Balaban J connectivity index is 1.98. The molecule has 2 N–H and O–H groups in total. The van der Waals surface area contributed by atoms with Gasteiger partial charge in [-0.1, -0.05) is 36.8 Å². The second-order valence-electron chi connectivity index (χ2n) is 6.04. The van der Waals surface area contributed by atoms with Crippen molar-refractivity contribution in [1.29, 1.82) is 0 Å². The highest BCUT2D eigenvalue weighted by molar-refractivity contribution is 5.22. The van der Waals surface area contributed by atoms with Crippen molar-refractivity contribution in [2.24, 2.45) is 11.7 Å². The summed E-state index contributed by atoms with van der Waals surface area (Å²) >= 11 is 0. The fourth-order valence-electron chi connectivity index (χ4n) is 2.51. The van der Waals surface area contributed by atoms with Gasteiger partial charge < -0.3 is 5.73 Å². The zero-order valence-corrected chi connectivity index (χ0v) is 13.4. The van der Waals surface area contributed by atoms with Crippen LogP contribution in [0.3, 0.4) is 0 Å². The standard InChI is InChI=1S/C18H27N3/c1-4-15(3)21-10-9-18(20-21)12-17(13-19)11-16-7-5-14(2)6-8-16/h5-10,15,17H,4,11-13,19H2,1-3H3. The lowest BCUT2D eigenvalue weighted by Gasteiger charge is -2.14. The molecule has 2 rings (SSSR count). The molecule has 0 saturated heterocycles. The summed E-state index contributed by atoms with van der Waals surface area (Å²) < 4.78 is 2.06. The Labute approximate surface area is 128 Å². The fraction of sp³-hybridized carbons (Fsp3) is 0.500. The lowest BCUT2D eigenvalue weighted by molar-refractivity contribution is 0.463. The molecule has 3 heteroatoms. The van der Waals surface area contributed by atoms with Crippen molar-refractivity contribution >= 4 is 0 Å². The van der Waals surface area contributed by atoms with Gasteiger partial charge in [-0.15, -0.1) is 0 Å². The average Bonchev–Trinajstić information content (AvgIpc) is 2.96. The van der Waals surface area contributed by atoms with Crippen LogP contribution in [0, 0.1) is 12.8 Å². The molecule has 0 aliphatic rings. The van der Waals surface area contributed by atoms with E-state index >= 15 is 0 Å². The van der Waals surface area contributed by atoms with Gasteiger partial charge >= 0.3 is 0 Å². The Hall–Kier alpha value is -1.61. The first kappa shape index (κ1) is 15.8. The van der Waals surface area contributed by atoms with Crippen LogP contribution in [0.25, 0.3) is 0 Å². The summed E-state index contributed by atoms with van der Waals surface area (Å²) in [4.78, 5) is 0. The van der Waals surface area contributed by atoms with Crippen LogP contribution in [0.2, 0.25) is 0 Å². The van der Waals surface area contributed by atoms with Crippen LogP contribution in [-0.4, -0.2) is 16.3 Å². The van der Waals surface area contributed by atoms with Crippen LogP contribution >= 0.6 is 0 Å². The summed E-state index contributed by atoms with van der Waals surface area (Å²) in [6, 6.07) is 11.3. The maximum Gasteiger partial charge on any atom is 0.0628 e. The molecule has 3 nitrogen and oxygen atoms in total. The molecule has 0 amide bonds. The van der Waals surface area contributed by atoms with Gasteiger partial charge in [0.15, 0.2) is 0 Å². The third-order valence-corrected chi connectivity index (χ3v) is 4.18. The van der Waals surface area contributed by atoms with E-state index in [4.69, 9.17) is 5.73 Å². The minimum atomic E-state index is 0.452. The van der Waals surface area contributed by atoms with E-state index in [9.17, 15) is 0 Å². The molecule has 114 valence electrons. The highest BCUT2D eigenvalue weighted by Gasteiger charge is 2.12. The molecule has 0 saturated carbocycles. The molecule has 1 aromatic carbocycles. The van der Waals surface area contributed by atoms with E-state index < -0.39 is 0 Å². The van der Waals surface area contributed by atoms with Gasteiger partial charge in [-0.3, -0.25) is 4.68 Å². The summed E-state index contributed by atoms with van der Waals surface area (Å²) in [5.74, 6) is 0.452. The largest absolute Gasteiger partial charge is 0.330 e. The van der Waals surface area contributed by atoms with E-state index in [1.54, 1.807) is 0 Å². The van der Waals surface area contributed by atoms with Gasteiger partial charge in [0.05, 0.1) is 5.69 Å². The van der Waals surface area contributed by atoms with E-state index in [1.165, 1.54) is 11.1 Å². The van der Waals surface area contributed by atoms with E-state index in [0.717, 1.165) is 25.0 Å². The number of nitrogens with two attached hydrogens (primary N) is 1. The van der Waals surface area contributed by atoms with Gasteiger partial charge in [0.25, 0.3) is 0 Å². The van der Waals surface area contributed by atoms with E-state index in [-0.39, 0.29) is 0 Å². The number of benzene rings is 1. The van der Waals surface area contributed by atoms with Crippen LogP contribution in [-0.2, 0) is 12.8 Å². The molecule has 0 bridgehead atoms. The zero-order chi connectivity index (χ0) is 15.2. The van der Waals surface area contributed by atoms with Crippen molar-refractivity contribution in [2.45, 2.75) is 46.1 Å². The second-order valence-corrected chi connectivity index (χ2v) is 6.04. The molecule has 21 heavy (non-hydrogen) atoms. The summed E-state index contributed by atoms with van der Waals surface area (Å²) in [7, 11) is 0. The molecule has 0 fully saturated rings. The van der Waals surface area contributed by atoms with Crippen molar-refractivity contribution in [1.82, 2.24) is 9.78 Å². The van der Waals surface area contributed by atoms with Crippen molar-refractivity contribution in [3.05, 3.63) is 53.3 Å². The number of aromatic nitrogens is 2. The summed E-state index contributed by atoms with van der Waals surface area (Å²) in [5, 5.41) is 4.69. The number of aryl methyl sites for hydroxylation is 1. The first-order chi connectivity index (χ1) is 10.1. The van der Waals surface area contributed by atoms with Crippen molar-refractivity contribution < 1.29 is 0 Å². The van der Waals surface area contributed by atoms with E-state index in [0.29, 0.717) is 18.5 Å². The normalized spacial score (nSPS) is 14.1. The fourth-order valence-corrected chi connectivity index (χ4v) is 2.51. The zero-order valence-electron chi connectivity index (χ0n) is 13.4. The Kier molecular flexibility index (Phi) is 5.57. The molecule has 2 aromatic rings. The van der Waals surface area contributed by atoms with Crippen LogP contribution in [0.4, 0.5) is 0 Å². The van der Waals surface area contributed by atoms with Gasteiger partial charge in [0.2, 0.25) is 0 Å². The Morgan fingerprint density at radius 2 is 1.86 bits per heavy atom. The van der Waals surface area contributed by atoms with Gasteiger partial charge in [-0.2, -0.15) is 5.10 Å². The molecule has 0 spiro atoms. The van der Waals surface area contributed by atoms with Crippen LogP contribution in [0.1, 0.15) is 43.1 Å². The molecule has 1 heterocycles. The minimum Gasteiger partial charge on any atom is -0.330 e. The molecule has 0 radical (unpaired) electrons. The smallest absolute Gasteiger partial charge is 0.0628 e. The van der Waals surface area contributed by atoms with Crippen LogP contribution in [0.5, 0.6) is 0 Å². The summed E-state index contributed by atoms with van der Waals surface area (Å²) in [6.07, 6.45) is 5.16. The quantitative estimate of drug-likeness (QED) is 0.846. The van der Waals surface area contributed by atoms with Crippen molar-refractivity contribution in [3.63, 3.8) is 0 Å². The molecule has 2 atom stereocenters. The maximum atomic E-state index is 5.96. The SMILES string of the molecule is CCC(C)n1ccc(CC(CN)Cc2ccc(C)cc2)n1. The number of rotatable bonds is 7. The third kappa shape index (κ3) is 4.43. The lowest BCUT2D eigenvalue weighted by Crippen LogP contribution is -2.20. The number of hydrogen-bond acceptors (Lipinski definition) is 2. The molecule has 1 aromatic heterocycles. The summed E-state index contributed by atoms with van der Waals surface area (Å²) in [6.45, 7) is 7.20. The minimum absolute atomic E-state index is 0.452. The lowest BCUT2D eigenvalue weighted by atomic mass is 9.94. The first-order valence-corrected chi connectivity index (χ1v) is 7.92. The Morgan fingerprint density at radius 3 is 2.48 bits per heavy atom. The van der Waals surface area contributed by atoms with Crippen molar-refractivity contribution in [2.75, 3.05) is 6.54 Å². The maximum absolute atomic E-state index is 5.96. The van der Waals surface area contributed by atoms with E-state index in [2.05, 4.69) is 67.1 Å². The third-order valence-electron chi connectivity index (χ3n) is 4.18. The Bertz CT molecular complexity index is 542. The number of nitrogens with zero attached hydrogens (tertiary/aromatic N) is 2. The molecule has 0 aliphatic heterocycles. The average molecular weight is 285 g/mol. The van der Waals surface area contributed by atoms with Gasteiger partial charge in [-0.05, 0) is 57.2 Å². The predicted molar refractivity (Wildman–Crippen MR) is 88.4 cm³/mol. The van der Waals surface area contributed by atoms with Crippen LogP contribution in [0.15, 0.2) is 36.5 Å². The second kappa shape index (κ2) is 7.41. The molecule has 0 aliphatic carbocycles. The molecular formula is C18H27N3. The Morgan fingerprint density at radius 1 is 1.14 bits per heavy atom. The predicted octanol–water partition coefficient (Wildman–Crippen LogP) is 3.52. The monoisotopic (exact) mass is 285 g/mol. The first-order valence-electron chi connectivity index (χ1n) is 7.92. The highest BCUT2D eigenvalue weighted by atomic mass is 15.3.